The highest BCUT2D eigenvalue weighted by atomic mass is 32.3. The molecule has 13 nitrogen and oxygen atoms in total. The van der Waals surface area contributed by atoms with Gasteiger partial charge < -0.3 is 20.3 Å². The van der Waals surface area contributed by atoms with Crippen LogP contribution in [0.4, 0.5) is 0 Å². The van der Waals surface area contributed by atoms with Gasteiger partial charge in [0.2, 0.25) is 5.91 Å². The lowest BCUT2D eigenvalue weighted by Crippen LogP contribution is -2.65. The van der Waals surface area contributed by atoms with E-state index in [-0.39, 0.29) is 0 Å². The number of amides is 1. The van der Waals surface area contributed by atoms with Crippen molar-refractivity contribution in [2.75, 3.05) is 6.61 Å². The number of carbonyl (C=O) groups is 1. The molecular formula is C8H15NO12S2. The van der Waals surface area contributed by atoms with Crippen molar-refractivity contribution >= 4 is 26.7 Å². The molecule has 5 N–H and O–H groups in total. The van der Waals surface area contributed by atoms with Gasteiger partial charge in [-0.15, -0.1) is 0 Å². The molecule has 0 saturated carbocycles. The molecule has 0 aromatic carbocycles. The molecule has 1 heterocycles. The molecule has 1 amide bonds. The Balaban J connectivity index is 3.01. The normalized spacial score (nSPS) is 32.5. The number of aliphatic hydroxyl groups excluding tert-OH is 2. The van der Waals surface area contributed by atoms with E-state index in [4.69, 9.17) is 13.8 Å². The minimum atomic E-state index is -5.11. The van der Waals surface area contributed by atoms with Crippen LogP contribution in [-0.2, 0) is 38.7 Å². The highest BCUT2D eigenvalue weighted by Crippen LogP contribution is 2.24. The standard InChI is InChI=1S/C8H15NO12S2/c1-3(10)9-5-6(11)7(21-23(16,17)18)4(20-8(5)12)2-19-22(13,14)15/h4-8,11-12H,2H2,1H3,(H,9,10)(H,13,14,15)(H,16,17,18)/t4-,5+,6+,7-,8?/m0/s1. The van der Waals surface area contributed by atoms with Crippen molar-refractivity contribution in [2.45, 2.75) is 37.6 Å². The van der Waals surface area contributed by atoms with E-state index in [1.807, 2.05) is 0 Å². The predicted octanol–water partition coefficient (Wildman–Crippen LogP) is -3.42. The van der Waals surface area contributed by atoms with Crippen molar-refractivity contribution in [3.8, 4) is 0 Å². The smallest absolute Gasteiger partial charge is 0.388 e. The van der Waals surface area contributed by atoms with Gasteiger partial charge in [0.25, 0.3) is 0 Å². The van der Waals surface area contributed by atoms with Crippen LogP contribution in [0.2, 0.25) is 0 Å². The highest BCUT2D eigenvalue weighted by molar-refractivity contribution is 7.81. The zero-order valence-electron chi connectivity index (χ0n) is 11.5. The maximum absolute atomic E-state index is 11.0. The molecule has 1 fully saturated rings. The van der Waals surface area contributed by atoms with Gasteiger partial charge in [0.05, 0.1) is 6.61 Å². The first-order valence-electron chi connectivity index (χ1n) is 5.86. The molecule has 15 heteroatoms. The number of aliphatic hydroxyl groups is 2. The van der Waals surface area contributed by atoms with Crippen molar-refractivity contribution in [1.82, 2.24) is 5.32 Å². The molecular weight excluding hydrogens is 366 g/mol. The van der Waals surface area contributed by atoms with E-state index in [1.165, 1.54) is 0 Å². The van der Waals surface area contributed by atoms with Gasteiger partial charge in [-0.05, 0) is 0 Å². The molecule has 5 atom stereocenters. The van der Waals surface area contributed by atoms with Crippen LogP contribution in [0.3, 0.4) is 0 Å². The number of hydrogen-bond donors (Lipinski definition) is 5. The molecule has 23 heavy (non-hydrogen) atoms. The first-order valence-corrected chi connectivity index (χ1v) is 8.59. The Hall–Kier alpha value is -0.910. The Morgan fingerprint density at radius 3 is 2.17 bits per heavy atom. The maximum atomic E-state index is 11.0. The van der Waals surface area contributed by atoms with Crippen molar-refractivity contribution in [1.29, 1.82) is 0 Å². The lowest BCUT2D eigenvalue weighted by Gasteiger charge is -2.41. The van der Waals surface area contributed by atoms with Crippen LogP contribution >= 0.6 is 0 Å². The monoisotopic (exact) mass is 381 g/mol. The number of hydrogen-bond acceptors (Lipinski definition) is 10. The molecule has 0 aromatic rings. The summed E-state index contributed by atoms with van der Waals surface area (Å²) in [7, 11) is -10.1. The molecule has 0 spiro atoms. The average molecular weight is 381 g/mol. The second kappa shape index (κ2) is 7.32. The van der Waals surface area contributed by atoms with Gasteiger partial charge in [-0.2, -0.15) is 16.8 Å². The number of carbonyl (C=O) groups excluding carboxylic acids is 1. The minimum absolute atomic E-state index is 0.713. The lowest BCUT2D eigenvalue weighted by molar-refractivity contribution is -0.247. The van der Waals surface area contributed by atoms with E-state index >= 15 is 0 Å². The second-order valence-electron chi connectivity index (χ2n) is 4.48. The Labute approximate surface area is 131 Å². The molecule has 0 bridgehead atoms. The van der Waals surface area contributed by atoms with Crippen molar-refractivity contribution in [3.05, 3.63) is 0 Å². The van der Waals surface area contributed by atoms with E-state index in [0.29, 0.717) is 0 Å². The first-order chi connectivity index (χ1) is 10.3. The molecule has 0 aliphatic carbocycles. The van der Waals surface area contributed by atoms with E-state index in [0.717, 1.165) is 6.92 Å². The van der Waals surface area contributed by atoms with Gasteiger partial charge in [-0.25, -0.2) is 8.37 Å². The molecule has 1 aliphatic rings. The van der Waals surface area contributed by atoms with E-state index in [9.17, 15) is 31.8 Å². The van der Waals surface area contributed by atoms with Crippen LogP contribution in [0.1, 0.15) is 6.92 Å². The SMILES string of the molecule is CC(=O)N[C@H]1C(O)O[C@@H](COS(=O)(=O)O)[C@H](OS(=O)(=O)O)[C@@H]1O. The van der Waals surface area contributed by atoms with E-state index in [2.05, 4.69) is 13.7 Å². The largest absolute Gasteiger partial charge is 0.397 e. The van der Waals surface area contributed by atoms with Crippen molar-refractivity contribution in [3.63, 3.8) is 0 Å². The third-order valence-electron chi connectivity index (χ3n) is 2.68. The van der Waals surface area contributed by atoms with Gasteiger partial charge in [0.15, 0.2) is 6.29 Å². The third-order valence-corrected chi connectivity index (χ3v) is 3.58. The van der Waals surface area contributed by atoms with E-state index < -0.39 is 64.0 Å². The zero-order valence-corrected chi connectivity index (χ0v) is 13.1. The van der Waals surface area contributed by atoms with Gasteiger partial charge in [-0.3, -0.25) is 13.9 Å². The summed E-state index contributed by atoms with van der Waals surface area (Å²) in [6.07, 6.45) is -7.49. The molecule has 1 saturated heterocycles. The van der Waals surface area contributed by atoms with Crippen LogP contribution in [0.15, 0.2) is 0 Å². The molecule has 136 valence electrons. The Morgan fingerprint density at radius 1 is 1.17 bits per heavy atom. The summed E-state index contributed by atoms with van der Waals surface area (Å²) in [5, 5.41) is 21.7. The molecule has 0 radical (unpaired) electrons. The van der Waals surface area contributed by atoms with Gasteiger partial charge >= 0.3 is 20.8 Å². The quantitative estimate of drug-likeness (QED) is 0.285. The van der Waals surface area contributed by atoms with Crippen molar-refractivity contribution < 1.29 is 54.1 Å². The Kier molecular flexibility index (Phi) is 6.41. The highest BCUT2D eigenvalue weighted by Gasteiger charge is 2.48. The maximum Gasteiger partial charge on any atom is 0.397 e. The lowest BCUT2D eigenvalue weighted by atomic mass is 9.97. The van der Waals surface area contributed by atoms with Crippen LogP contribution in [0.25, 0.3) is 0 Å². The van der Waals surface area contributed by atoms with Crippen LogP contribution in [0, 0.1) is 0 Å². The molecule has 1 unspecified atom stereocenters. The average Bonchev–Trinajstić information content (AvgIpc) is 2.33. The van der Waals surface area contributed by atoms with Crippen molar-refractivity contribution in [2.24, 2.45) is 0 Å². The summed E-state index contributed by atoms with van der Waals surface area (Å²) in [5.41, 5.74) is 0. The summed E-state index contributed by atoms with van der Waals surface area (Å²) >= 11 is 0. The summed E-state index contributed by atoms with van der Waals surface area (Å²) in [6.45, 7) is -0.0223. The van der Waals surface area contributed by atoms with Crippen LogP contribution in [-0.4, -0.2) is 79.3 Å². The zero-order chi connectivity index (χ0) is 18.0. The fourth-order valence-corrected chi connectivity index (χ4v) is 2.70. The first kappa shape index (κ1) is 20.1. The Bertz CT molecular complexity index is 629. The minimum Gasteiger partial charge on any atom is -0.388 e. The summed E-state index contributed by atoms with van der Waals surface area (Å²) in [6, 6.07) is -1.54. The summed E-state index contributed by atoms with van der Waals surface area (Å²) < 4.78 is 72.8. The van der Waals surface area contributed by atoms with E-state index in [1.54, 1.807) is 0 Å². The summed E-state index contributed by atoms with van der Waals surface area (Å²) in [4.78, 5) is 11.0. The fraction of sp³-hybridized carbons (Fsp3) is 0.875. The molecule has 1 aliphatic heterocycles. The van der Waals surface area contributed by atoms with Gasteiger partial charge in [0, 0.05) is 6.92 Å². The second-order valence-corrected chi connectivity index (χ2v) is 6.62. The number of nitrogens with one attached hydrogen (secondary N) is 1. The molecule has 1 rings (SSSR count). The predicted molar refractivity (Wildman–Crippen MR) is 68.4 cm³/mol. The number of rotatable bonds is 6. The number of ether oxygens (including phenoxy) is 1. The summed E-state index contributed by atoms with van der Waals surface area (Å²) in [5.74, 6) is -0.713. The van der Waals surface area contributed by atoms with Gasteiger partial charge in [0.1, 0.15) is 24.4 Å². The van der Waals surface area contributed by atoms with Gasteiger partial charge in [-0.1, -0.05) is 0 Å². The fourth-order valence-electron chi connectivity index (χ4n) is 1.87. The third kappa shape index (κ3) is 6.61. The topological polar surface area (TPSA) is 206 Å². The molecule has 0 aromatic heterocycles. The van der Waals surface area contributed by atoms with Crippen LogP contribution < -0.4 is 5.32 Å². The van der Waals surface area contributed by atoms with Crippen LogP contribution in [0.5, 0.6) is 0 Å². The Morgan fingerprint density at radius 2 is 1.74 bits per heavy atom.